The van der Waals surface area contributed by atoms with E-state index in [2.05, 4.69) is 20.4 Å². The molecule has 0 rings (SSSR count). The highest BCUT2D eigenvalue weighted by Crippen LogP contribution is 2.27. The summed E-state index contributed by atoms with van der Waals surface area (Å²) in [5, 5.41) is 0. The Balaban J connectivity index is 4.92. The van der Waals surface area contributed by atoms with Crippen LogP contribution in [-0.4, -0.2) is 23.6 Å². The molecule has 1 atom stereocenters. The van der Waals surface area contributed by atoms with Crippen LogP contribution in [0.15, 0.2) is 12.2 Å². The van der Waals surface area contributed by atoms with E-state index >= 15 is 0 Å². The quantitative estimate of drug-likeness (QED) is 0.520. The van der Waals surface area contributed by atoms with Crippen LogP contribution in [0.5, 0.6) is 0 Å². The van der Waals surface area contributed by atoms with Crippen LogP contribution in [0, 0.1) is 11.3 Å². The Hall–Kier alpha value is -1.32. The molecule has 0 spiro atoms. The van der Waals surface area contributed by atoms with Gasteiger partial charge in [-0.25, -0.2) is 4.79 Å². The van der Waals surface area contributed by atoms with Gasteiger partial charge in [0.2, 0.25) is 0 Å². The van der Waals surface area contributed by atoms with Crippen molar-refractivity contribution in [1.82, 2.24) is 0 Å². The van der Waals surface area contributed by atoms with E-state index in [1.807, 2.05) is 34.6 Å². The van der Waals surface area contributed by atoms with Crippen molar-refractivity contribution < 1.29 is 19.1 Å². The summed E-state index contributed by atoms with van der Waals surface area (Å²) in [5.41, 5.74) is -0.878. The van der Waals surface area contributed by atoms with Crippen molar-refractivity contribution in [1.29, 1.82) is 0 Å². The van der Waals surface area contributed by atoms with Crippen molar-refractivity contribution in [3.63, 3.8) is 0 Å². The summed E-state index contributed by atoms with van der Waals surface area (Å²) in [6.07, 6.45) is 0.883. The summed E-state index contributed by atoms with van der Waals surface area (Å²) < 4.78 is 11.1. The highest BCUT2D eigenvalue weighted by Gasteiger charge is 2.33. The third-order valence-electron chi connectivity index (χ3n) is 3.06. The third-order valence-corrected chi connectivity index (χ3v) is 3.06. The van der Waals surface area contributed by atoms with Gasteiger partial charge in [-0.15, -0.1) is 0 Å². The lowest BCUT2D eigenvalue weighted by molar-refractivity contribution is -0.170. The molecule has 4 nitrogen and oxygen atoms in total. The van der Waals surface area contributed by atoms with Crippen molar-refractivity contribution in [3.05, 3.63) is 12.2 Å². The zero-order valence-corrected chi connectivity index (χ0v) is 15.4. The third kappa shape index (κ3) is 8.20. The monoisotopic (exact) mass is 312 g/mol. The highest BCUT2D eigenvalue weighted by molar-refractivity contribution is 5.87. The lowest BCUT2D eigenvalue weighted by Gasteiger charge is -2.32. The first kappa shape index (κ1) is 20.7. The SMILES string of the molecule is C=C(C)C(=O)OC(CC(C)C)CC(C)(C)OC(=O)C(C)(C)C. The Morgan fingerprint density at radius 3 is 1.95 bits per heavy atom. The summed E-state index contributed by atoms with van der Waals surface area (Å²) >= 11 is 0. The molecular formula is C18H32O4. The van der Waals surface area contributed by atoms with E-state index in [0.717, 1.165) is 6.42 Å². The summed E-state index contributed by atoms with van der Waals surface area (Å²) in [6, 6.07) is 0. The van der Waals surface area contributed by atoms with Gasteiger partial charge in [0.15, 0.2) is 0 Å². The van der Waals surface area contributed by atoms with Gasteiger partial charge >= 0.3 is 11.9 Å². The lowest BCUT2D eigenvalue weighted by Crippen LogP contribution is -2.38. The van der Waals surface area contributed by atoms with Crippen LogP contribution in [0.1, 0.15) is 68.2 Å². The molecule has 128 valence electrons. The number of ether oxygens (including phenoxy) is 2. The van der Waals surface area contributed by atoms with Crippen molar-refractivity contribution in [2.24, 2.45) is 11.3 Å². The standard InChI is InChI=1S/C18H32O4/c1-12(2)10-14(21-15(19)13(3)4)11-18(8,9)22-16(20)17(5,6)7/h12,14H,3,10-11H2,1-2,4-9H3. The molecule has 0 aliphatic rings. The molecule has 0 saturated heterocycles. The average molecular weight is 312 g/mol. The second kappa shape index (κ2) is 7.80. The van der Waals surface area contributed by atoms with Crippen LogP contribution >= 0.6 is 0 Å². The van der Waals surface area contributed by atoms with E-state index in [4.69, 9.17) is 9.47 Å². The zero-order chi connectivity index (χ0) is 17.7. The topological polar surface area (TPSA) is 52.6 Å². The van der Waals surface area contributed by atoms with Gasteiger partial charge in [-0.05, 0) is 53.9 Å². The molecule has 1 unspecified atom stereocenters. The average Bonchev–Trinajstić information content (AvgIpc) is 2.24. The van der Waals surface area contributed by atoms with E-state index in [9.17, 15) is 9.59 Å². The minimum absolute atomic E-state index is 0.257. The molecule has 0 saturated carbocycles. The summed E-state index contributed by atoms with van der Waals surface area (Å²) in [6.45, 7) is 18.5. The minimum atomic E-state index is -0.695. The summed E-state index contributed by atoms with van der Waals surface area (Å²) in [5.74, 6) is -0.285. The van der Waals surface area contributed by atoms with Gasteiger partial charge < -0.3 is 9.47 Å². The van der Waals surface area contributed by atoms with E-state index in [1.54, 1.807) is 6.92 Å². The molecule has 0 aliphatic carbocycles. The number of esters is 2. The maximum Gasteiger partial charge on any atom is 0.333 e. The Kier molecular flexibility index (Phi) is 7.33. The van der Waals surface area contributed by atoms with E-state index in [-0.39, 0.29) is 12.1 Å². The summed E-state index contributed by atoms with van der Waals surface area (Å²) in [4.78, 5) is 23.8. The molecule has 0 heterocycles. The Bertz CT molecular complexity index is 413. The molecule has 0 aromatic carbocycles. The minimum Gasteiger partial charge on any atom is -0.459 e. The first-order valence-corrected chi connectivity index (χ1v) is 7.84. The number of carbonyl (C=O) groups excluding carboxylic acids is 2. The van der Waals surface area contributed by atoms with Crippen LogP contribution in [0.2, 0.25) is 0 Å². The molecule has 0 radical (unpaired) electrons. The second-order valence-corrected chi connectivity index (χ2v) is 8.04. The molecule has 0 aromatic rings. The molecular weight excluding hydrogens is 280 g/mol. The van der Waals surface area contributed by atoms with Gasteiger partial charge in [0.1, 0.15) is 11.7 Å². The molecule has 0 bridgehead atoms. The summed E-state index contributed by atoms with van der Waals surface area (Å²) in [7, 11) is 0. The molecule has 0 N–H and O–H groups in total. The van der Waals surface area contributed by atoms with E-state index < -0.39 is 17.0 Å². The van der Waals surface area contributed by atoms with Crippen molar-refractivity contribution in [2.45, 2.75) is 79.9 Å². The first-order chi connectivity index (χ1) is 9.74. The largest absolute Gasteiger partial charge is 0.459 e. The molecule has 0 aliphatic heterocycles. The molecule has 4 heteroatoms. The smallest absolute Gasteiger partial charge is 0.333 e. The van der Waals surface area contributed by atoms with Gasteiger partial charge in [0.25, 0.3) is 0 Å². The Morgan fingerprint density at radius 1 is 1.09 bits per heavy atom. The normalized spacial score (nSPS) is 13.7. The van der Waals surface area contributed by atoms with Crippen LogP contribution in [0.3, 0.4) is 0 Å². The Morgan fingerprint density at radius 2 is 1.59 bits per heavy atom. The van der Waals surface area contributed by atoms with Crippen LogP contribution in [0.4, 0.5) is 0 Å². The predicted octanol–water partition coefficient (Wildman–Crippen LogP) is 4.28. The van der Waals surface area contributed by atoms with Crippen molar-refractivity contribution >= 4 is 11.9 Å². The van der Waals surface area contributed by atoms with Crippen molar-refractivity contribution in [3.8, 4) is 0 Å². The Labute approximate surface area is 135 Å². The number of hydrogen-bond donors (Lipinski definition) is 0. The fraction of sp³-hybridized carbons (Fsp3) is 0.778. The maximum atomic E-state index is 12.1. The van der Waals surface area contributed by atoms with E-state index in [0.29, 0.717) is 17.9 Å². The van der Waals surface area contributed by atoms with E-state index in [1.165, 1.54) is 0 Å². The number of hydrogen-bond acceptors (Lipinski definition) is 4. The molecule has 0 amide bonds. The number of carbonyl (C=O) groups is 2. The zero-order valence-electron chi connectivity index (χ0n) is 15.4. The fourth-order valence-corrected chi connectivity index (χ4v) is 1.94. The van der Waals surface area contributed by atoms with Gasteiger partial charge in [0, 0.05) is 12.0 Å². The number of rotatable bonds is 7. The predicted molar refractivity (Wildman–Crippen MR) is 88.4 cm³/mol. The molecule has 0 aromatic heterocycles. The maximum absolute atomic E-state index is 12.1. The van der Waals surface area contributed by atoms with Crippen LogP contribution in [0.25, 0.3) is 0 Å². The molecule has 22 heavy (non-hydrogen) atoms. The second-order valence-electron chi connectivity index (χ2n) is 8.04. The lowest BCUT2D eigenvalue weighted by atomic mass is 9.93. The fourth-order valence-electron chi connectivity index (χ4n) is 1.94. The van der Waals surface area contributed by atoms with Gasteiger partial charge in [-0.2, -0.15) is 0 Å². The van der Waals surface area contributed by atoms with Gasteiger partial charge in [-0.1, -0.05) is 20.4 Å². The van der Waals surface area contributed by atoms with Crippen LogP contribution < -0.4 is 0 Å². The molecule has 0 fully saturated rings. The van der Waals surface area contributed by atoms with Gasteiger partial charge in [0.05, 0.1) is 5.41 Å². The van der Waals surface area contributed by atoms with Crippen molar-refractivity contribution in [2.75, 3.05) is 0 Å². The van der Waals surface area contributed by atoms with Crippen LogP contribution in [-0.2, 0) is 19.1 Å². The van der Waals surface area contributed by atoms with Gasteiger partial charge in [-0.3, -0.25) is 4.79 Å². The highest BCUT2D eigenvalue weighted by atomic mass is 16.6. The first-order valence-electron chi connectivity index (χ1n) is 7.84.